The first-order valence-electron chi connectivity index (χ1n) is 7.72. The summed E-state index contributed by atoms with van der Waals surface area (Å²) in [6.07, 6.45) is 0. The van der Waals surface area contributed by atoms with Crippen LogP contribution >= 0.6 is 11.3 Å². The molecule has 0 atom stereocenters. The van der Waals surface area contributed by atoms with Crippen molar-refractivity contribution in [1.82, 2.24) is 9.88 Å². The van der Waals surface area contributed by atoms with Crippen LogP contribution in [0.25, 0.3) is 11.3 Å². The van der Waals surface area contributed by atoms with Gasteiger partial charge in [0.15, 0.2) is 5.76 Å². The quantitative estimate of drug-likeness (QED) is 0.679. The molecule has 0 bridgehead atoms. The molecule has 0 aliphatic rings. The van der Waals surface area contributed by atoms with Crippen molar-refractivity contribution in [1.29, 1.82) is 0 Å². The molecule has 0 saturated carbocycles. The molecule has 2 heterocycles. The smallest absolute Gasteiger partial charge is 0.250 e. The summed E-state index contributed by atoms with van der Waals surface area (Å²) in [5.74, 6) is 1.23. The average molecular weight is 378 g/mol. The predicted octanol–water partition coefficient (Wildman–Crippen LogP) is 3.59. The molecule has 0 saturated heterocycles. The van der Waals surface area contributed by atoms with Gasteiger partial charge in [0.25, 0.3) is 0 Å². The Morgan fingerprint density at radius 2 is 2.08 bits per heavy atom. The van der Waals surface area contributed by atoms with Crippen LogP contribution in [0.2, 0.25) is 0 Å². The Labute approximate surface area is 150 Å². The van der Waals surface area contributed by atoms with Crippen molar-refractivity contribution < 1.29 is 17.7 Å². The highest BCUT2D eigenvalue weighted by Crippen LogP contribution is 2.29. The maximum Gasteiger partial charge on any atom is 0.250 e. The molecule has 2 aromatic heterocycles. The third kappa shape index (κ3) is 4.09. The Morgan fingerprint density at radius 3 is 2.80 bits per heavy atom. The van der Waals surface area contributed by atoms with Gasteiger partial charge in [-0.25, -0.2) is 13.1 Å². The molecular weight excluding hydrogens is 360 g/mol. The first kappa shape index (κ1) is 17.7. The van der Waals surface area contributed by atoms with Crippen LogP contribution in [0.15, 0.2) is 50.5 Å². The second-order valence-electron chi connectivity index (χ2n) is 5.35. The summed E-state index contributed by atoms with van der Waals surface area (Å²) in [6, 6.07) is 10.7. The number of nitrogens with zero attached hydrogens (tertiary/aromatic N) is 1. The van der Waals surface area contributed by atoms with Crippen LogP contribution in [0.1, 0.15) is 18.2 Å². The molecule has 3 rings (SSSR count). The normalized spacial score (nSPS) is 11.6. The lowest BCUT2D eigenvalue weighted by atomic mass is 10.2. The zero-order chi connectivity index (χ0) is 17.9. The van der Waals surface area contributed by atoms with Crippen LogP contribution in [0.5, 0.6) is 5.75 Å². The fraction of sp³-hybridized carbons (Fsp3) is 0.235. The van der Waals surface area contributed by atoms with Crippen LogP contribution in [-0.2, 0) is 16.6 Å². The van der Waals surface area contributed by atoms with E-state index in [1.165, 1.54) is 0 Å². The van der Waals surface area contributed by atoms with Crippen molar-refractivity contribution in [3.63, 3.8) is 0 Å². The van der Waals surface area contributed by atoms with Gasteiger partial charge < -0.3 is 9.26 Å². The molecule has 0 radical (unpaired) electrons. The number of sulfonamides is 1. The van der Waals surface area contributed by atoms with Gasteiger partial charge in [0.2, 0.25) is 10.0 Å². The van der Waals surface area contributed by atoms with Gasteiger partial charge in [0.05, 0.1) is 12.3 Å². The molecule has 1 N–H and O–H groups in total. The van der Waals surface area contributed by atoms with E-state index in [4.69, 9.17) is 9.26 Å². The molecular formula is C17H18N2O4S2. The summed E-state index contributed by atoms with van der Waals surface area (Å²) in [4.78, 5) is 0. The Balaban J connectivity index is 1.76. The molecule has 0 aliphatic carbocycles. The van der Waals surface area contributed by atoms with Gasteiger partial charge in [-0.15, -0.1) is 11.3 Å². The number of aromatic nitrogens is 1. The van der Waals surface area contributed by atoms with E-state index >= 15 is 0 Å². The van der Waals surface area contributed by atoms with Crippen LogP contribution in [0.3, 0.4) is 0 Å². The molecule has 25 heavy (non-hydrogen) atoms. The number of para-hydroxylation sites is 1. The highest BCUT2D eigenvalue weighted by atomic mass is 32.2. The van der Waals surface area contributed by atoms with Gasteiger partial charge in [0.1, 0.15) is 9.96 Å². The van der Waals surface area contributed by atoms with Crippen molar-refractivity contribution >= 4 is 21.4 Å². The molecule has 1 aromatic carbocycles. The third-order valence-electron chi connectivity index (χ3n) is 3.48. The van der Waals surface area contributed by atoms with E-state index in [9.17, 15) is 8.42 Å². The Hall–Kier alpha value is -2.16. The average Bonchev–Trinajstić information content (AvgIpc) is 3.23. The Bertz CT molecular complexity index is 960. The van der Waals surface area contributed by atoms with Gasteiger partial charge >= 0.3 is 0 Å². The minimum absolute atomic E-state index is 0.160. The SMILES string of the molecule is CCOc1ccccc1CNS(=O)(=O)c1cc(-c2cc(C)no2)cs1. The predicted molar refractivity (Wildman–Crippen MR) is 96.2 cm³/mol. The standard InChI is InChI=1S/C17H18N2O4S2/c1-3-22-15-7-5-4-6-13(15)10-18-25(20,21)17-9-14(11-24-17)16-8-12(2)19-23-16/h4-9,11,18H,3,10H2,1-2H3. The number of hydrogen-bond acceptors (Lipinski definition) is 6. The van der Waals surface area contributed by atoms with Crippen LogP contribution in [-0.4, -0.2) is 20.2 Å². The van der Waals surface area contributed by atoms with Gasteiger partial charge in [-0.2, -0.15) is 0 Å². The molecule has 0 amide bonds. The van der Waals surface area contributed by atoms with Crippen LogP contribution in [0, 0.1) is 6.92 Å². The summed E-state index contributed by atoms with van der Waals surface area (Å²) in [5, 5.41) is 5.56. The first-order valence-corrected chi connectivity index (χ1v) is 10.1. The van der Waals surface area contributed by atoms with Crippen LogP contribution in [0.4, 0.5) is 0 Å². The third-order valence-corrected chi connectivity index (χ3v) is 6.32. The molecule has 0 unspecified atom stereocenters. The summed E-state index contributed by atoms with van der Waals surface area (Å²) >= 11 is 1.14. The number of benzene rings is 1. The summed E-state index contributed by atoms with van der Waals surface area (Å²) in [7, 11) is -3.62. The highest BCUT2D eigenvalue weighted by molar-refractivity contribution is 7.91. The second kappa shape index (κ2) is 7.38. The van der Waals surface area contributed by atoms with Gasteiger partial charge in [0, 0.05) is 29.1 Å². The molecule has 6 nitrogen and oxygen atoms in total. The van der Waals surface area contributed by atoms with E-state index in [-0.39, 0.29) is 10.8 Å². The molecule has 132 valence electrons. The van der Waals surface area contributed by atoms with E-state index < -0.39 is 10.0 Å². The number of hydrogen-bond donors (Lipinski definition) is 1. The zero-order valence-electron chi connectivity index (χ0n) is 13.9. The number of rotatable bonds is 7. The lowest BCUT2D eigenvalue weighted by Crippen LogP contribution is -2.22. The van der Waals surface area contributed by atoms with Gasteiger partial charge in [-0.1, -0.05) is 23.4 Å². The second-order valence-corrected chi connectivity index (χ2v) is 8.26. The lowest BCUT2D eigenvalue weighted by molar-refractivity contribution is 0.336. The summed E-state index contributed by atoms with van der Waals surface area (Å²) < 4.78 is 38.6. The van der Waals surface area contributed by atoms with Gasteiger partial charge in [-0.05, 0) is 26.0 Å². The fourth-order valence-corrected chi connectivity index (χ4v) is 4.50. The van der Waals surface area contributed by atoms with E-state index in [0.717, 1.165) is 22.6 Å². The molecule has 8 heteroatoms. The van der Waals surface area contributed by atoms with E-state index in [1.54, 1.807) is 17.5 Å². The van der Waals surface area contributed by atoms with Crippen LogP contribution < -0.4 is 9.46 Å². The highest BCUT2D eigenvalue weighted by Gasteiger charge is 2.19. The summed E-state index contributed by atoms with van der Waals surface area (Å²) in [6.45, 7) is 4.38. The van der Waals surface area contributed by atoms with Crippen molar-refractivity contribution in [3.8, 4) is 17.1 Å². The minimum atomic E-state index is -3.62. The summed E-state index contributed by atoms with van der Waals surface area (Å²) in [5.41, 5.74) is 2.23. The van der Waals surface area contributed by atoms with Crippen molar-refractivity contribution in [3.05, 3.63) is 53.0 Å². The Morgan fingerprint density at radius 1 is 1.28 bits per heavy atom. The number of aryl methyl sites for hydroxylation is 1. The molecule has 3 aromatic rings. The number of thiophene rings is 1. The minimum Gasteiger partial charge on any atom is -0.494 e. The van der Waals surface area contributed by atoms with E-state index in [1.807, 2.05) is 38.1 Å². The topological polar surface area (TPSA) is 81.4 Å². The maximum absolute atomic E-state index is 12.5. The number of ether oxygens (including phenoxy) is 1. The van der Waals surface area contributed by atoms with Crippen molar-refractivity contribution in [2.45, 2.75) is 24.6 Å². The Kier molecular flexibility index (Phi) is 5.22. The molecule has 0 aliphatic heterocycles. The van der Waals surface area contributed by atoms with Crippen molar-refractivity contribution in [2.75, 3.05) is 6.61 Å². The van der Waals surface area contributed by atoms with Gasteiger partial charge in [-0.3, -0.25) is 0 Å². The fourth-order valence-electron chi connectivity index (χ4n) is 2.28. The molecule has 0 spiro atoms. The van der Waals surface area contributed by atoms with E-state index in [0.29, 0.717) is 23.7 Å². The largest absolute Gasteiger partial charge is 0.494 e. The zero-order valence-corrected chi connectivity index (χ0v) is 15.5. The number of nitrogens with one attached hydrogen (secondary N) is 1. The lowest BCUT2D eigenvalue weighted by Gasteiger charge is -2.10. The first-order chi connectivity index (χ1) is 12.0. The van der Waals surface area contributed by atoms with E-state index in [2.05, 4.69) is 9.88 Å². The molecule has 0 fully saturated rings. The van der Waals surface area contributed by atoms with Crippen molar-refractivity contribution in [2.24, 2.45) is 0 Å². The maximum atomic E-state index is 12.5. The monoisotopic (exact) mass is 378 g/mol.